The molecular formula is C80H144NO8+. The molecule has 0 radical (unpaired) electrons. The van der Waals surface area contributed by atoms with E-state index in [0.29, 0.717) is 17.4 Å². The Morgan fingerprint density at radius 1 is 0.348 bits per heavy atom. The van der Waals surface area contributed by atoms with Crippen LogP contribution in [0.2, 0.25) is 0 Å². The van der Waals surface area contributed by atoms with E-state index in [-0.39, 0.29) is 32.2 Å². The van der Waals surface area contributed by atoms with Gasteiger partial charge in [0.15, 0.2) is 6.10 Å². The second kappa shape index (κ2) is 70.3. The molecule has 0 amide bonds. The number of unbranched alkanes of at least 4 members (excludes halogenated alkanes) is 41. The van der Waals surface area contributed by atoms with Crippen molar-refractivity contribution in [1.29, 1.82) is 0 Å². The van der Waals surface area contributed by atoms with Crippen LogP contribution in [0.5, 0.6) is 0 Å². The highest BCUT2D eigenvalue weighted by atomic mass is 16.7. The van der Waals surface area contributed by atoms with E-state index in [1.807, 2.05) is 21.1 Å². The summed E-state index contributed by atoms with van der Waals surface area (Å²) >= 11 is 0. The monoisotopic (exact) mass is 1250 g/mol. The zero-order valence-electron chi connectivity index (χ0n) is 59.1. The van der Waals surface area contributed by atoms with Gasteiger partial charge in [-0.05, 0) is 89.9 Å². The van der Waals surface area contributed by atoms with Gasteiger partial charge < -0.3 is 28.5 Å². The number of hydrogen-bond acceptors (Lipinski definition) is 7. The number of carbonyl (C=O) groups is 3. The maximum absolute atomic E-state index is 13.0. The van der Waals surface area contributed by atoms with Crippen LogP contribution < -0.4 is 0 Å². The molecule has 0 bridgehead atoms. The predicted octanol–water partition coefficient (Wildman–Crippen LogP) is 23.8. The summed E-state index contributed by atoms with van der Waals surface area (Å²) in [6.07, 6.45) is 92.9. The fourth-order valence-electron chi connectivity index (χ4n) is 10.9. The first-order chi connectivity index (χ1) is 43.6. The molecule has 0 rings (SSSR count). The van der Waals surface area contributed by atoms with Gasteiger partial charge in [-0.15, -0.1) is 0 Å². The minimum absolute atomic E-state index is 0.181. The maximum atomic E-state index is 13.0. The number of ether oxygens (including phenoxy) is 4. The fourth-order valence-corrected chi connectivity index (χ4v) is 10.9. The van der Waals surface area contributed by atoms with Gasteiger partial charge in [0.05, 0.1) is 34.4 Å². The molecule has 9 nitrogen and oxygen atoms in total. The zero-order valence-corrected chi connectivity index (χ0v) is 59.1. The van der Waals surface area contributed by atoms with Crippen LogP contribution in [0, 0.1) is 0 Å². The van der Waals surface area contributed by atoms with E-state index >= 15 is 0 Å². The van der Waals surface area contributed by atoms with Crippen LogP contribution in [0.15, 0.2) is 85.1 Å². The van der Waals surface area contributed by atoms with Gasteiger partial charge in [-0.3, -0.25) is 9.59 Å². The number of aliphatic carboxylic acids is 1. The lowest BCUT2D eigenvalue weighted by Crippen LogP contribution is -2.40. The van der Waals surface area contributed by atoms with Gasteiger partial charge in [-0.1, -0.05) is 330 Å². The number of allylic oxidation sites excluding steroid dienone is 14. The molecule has 0 aliphatic heterocycles. The van der Waals surface area contributed by atoms with Crippen LogP contribution in [0.1, 0.15) is 348 Å². The summed E-state index contributed by atoms with van der Waals surface area (Å²) in [6.45, 7) is 4.80. The first-order valence-electron chi connectivity index (χ1n) is 37.8. The van der Waals surface area contributed by atoms with Crippen LogP contribution in [0.4, 0.5) is 0 Å². The number of hydrogen-bond donors (Lipinski definition) is 1. The summed E-state index contributed by atoms with van der Waals surface area (Å²) < 4.78 is 23.0. The minimum Gasteiger partial charge on any atom is -0.477 e. The average Bonchev–Trinajstić information content (AvgIpc) is 3.71. The van der Waals surface area contributed by atoms with Gasteiger partial charge >= 0.3 is 17.9 Å². The number of carboxylic acid groups (broad SMARTS) is 1. The molecule has 89 heavy (non-hydrogen) atoms. The van der Waals surface area contributed by atoms with E-state index in [4.69, 9.17) is 18.9 Å². The topological polar surface area (TPSA) is 108 Å². The molecule has 0 heterocycles. The molecule has 0 aliphatic rings. The smallest absolute Gasteiger partial charge is 0.361 e. The van der Waals surface area contributed by atoms with Crippen molar-refractivity contribution in [3.05, 3.63) is 85.1 Å². The summed E-state index contributed by atoms with van der Waals surface area (Å²) in [5.41, 5.74) is 0. The lowest BCUT2D eigenvalue weighted by Gasteiger charge is -2.25. The summed E-state index contributed by atoms with van der Waals surface area (Å²) in [5.74, 6) is -1.99. The molecular weight excluding hydrogens is 1100 g/mol. The number of esters is 2. The van der Waals surface area contributed by atoms with E-state index in [1.54, 1.807) is 0 Å². The predicted molar refractivity (Wildman–Crippen MR) is 382 cm³/mol. The molecule has 0 aromatic heterocycles. The van der Waals surface area contributed by atoms with Crippen molar-refractivity contribution in [3.63, 3.8) is 0 Å². The van der Waals surface area contributed by atoms with E-state index < -0.39 is 24.3 Å². The molecule has 0 fully saturated rings. The van der Waals surface area contributed by atoms with Gasteiger partial charge in [0.25, 0.3) is 6.29 Å². The lowest BCUT2D eigenvalue weighted by molar-refractivity contribution is -0.870. The van der Waals surface area contributed by atoms with E-state index in [9.17, 15) is 19.5 Å². The highest BCUT2D eigenvalue weighted by Crippen LogP contribution is 2.19. The van der Waals surface area contributed by atoms with Crippen molar-refractivity contribution in [2.24, 2.45) is 0 Å². The number of carboxylic acids is 1. The summed E-state index contributed by atoms with van der Waals surface area (Å²) in [6, 6.07) is 0. The Balaban J connectivity index is 4.03. The Morgan fingerprint density at radius 2 is 0.640 bits per heavy atom. The molecule has 0 spiro atoms. The molecule has 0 saturated heterocycles. The second-order valence-electron chi connectivity index (χ2n) is 26.6. The minimum atomic E-state index is -1.51. The number of carbonyl (C=O) groups excluding carboxylic acids is 2. The molecule has 9 heteroatoms. The third kappa shape index (κ3) is 71.8. The highest BCUT2D eigenvalue weighted by molar-refractivity contribution is 5.71. The third-order valence-electron chi connectivity index (χ3n) is 16.6. The first kappa shape index (κ1) is 85.5. The van der Waals surface area contributed by atoms with E-state index in [2.05, 4.69) is 98.9 Å². The SMILES string of the molecule is CC/C=C\C/C=C\C/C=C\C/C=C\C/C=C\CCCCCCCCCCCCCCCC(=O)OC(COC(=O)CCCCCCCCCCCCCCCCCCCCCCCCC/C=C\C/C=C\CCCCCCC)COC(OCC[N+](C)(C)C)C(=O)O. The fraction of sp³-hybridized carbons (Fsp3) is 0.787. The van der Waals surface area contributed by atoms with Crippen LogP contribution >= 0.6 is 0 Å². The maximum Gasteiger partial charge on any atom is 0.361 e. The van der Waals surface area contributed by atoms with Gasteiger partial charge in [0.2, 0.25) is 0 Å². The van der Waals surface area contributed by atoms with Crippen molar-refractivity contribution in [1.82, 2.24) is 0 Å². The van der Waals surface area contributed by atoms with Gasteiger partial charge in [0.1, 0.15) is 13.2 Å². The summed E-state index contributed by atoms with van der Waals surface area (Å²) in [7, 11) is 5.99. The Morgan fingerprint density at radius 3 is 0.955 bits per heavy atom. The Bertz CT molecular complexity index is 1740. The quantitative estimate of drug-likeness (QED) is 0.0211. The number of quaternary nitrogens is 1. The van der Waals surface area contributed by atoms with Crippen molar-refractivity contribution >= 4 is 17.9 Å². The number of likely N-dealkylation sites (N-methyl/N-ethyl adjacent to an activating group) is 1. The lowest BCUT2D eigenvalue weighted by atomic mass is 10.0. The van der Waals surface area contributed by atoms with E-state index in [1.165, 1.54) is 244 Å². The van der Waals surface area contributed by atoms with Crippen LogP contribution in [-0.2, 0) is 33.3 Å². The summed E-state index contributed by atoms with van der Waals surface area (Å²) in [4.78, 5) is 37.7. The Labute approximate surface area is 550 Å². The number of nitrogens with zero attached hydrogens (tertiary/aromatic N) is 1. The Kier molecular flexibility index (Phi) is 67.6. The molecule has 0 saturated carbocycles. The zero-order chi connectivity index (χ0) is 64.7. The van der Waals surface area contributed by atoms with Crippen molar-refractivity contribution < 1.29 is 42.9 Å². The van der Waals surface area contributed by atoms with Crippen molar-refractivity contribution in [3.8, 4) is 0 Å². The molecule has 0 aromatic rings. The largest absolute Gasteiger partial charge is 0.477 e. The van der Waals surface area contributed by atoms with Crippen LogP contribution in [-0.4, -0.2) is 87.4 Å². The molecule has 2 unspecified atom stereocenters. The van der Waals surface area contributed by atoms with Crippen molar-refractivity contribution in [2.75, 3.05) is 47.5 Å². The van der Waals surface area contributed by atoms with Gasteiger partial charge in [-0.25, -0.2) is 4.79 Å². The standard InChI is InChI=1S/C80H143NO8/c1-6-8-10-12-14-16-18-20-22-24-26-28-30-32-34-36-37-38-39-40-41-43-44-46-48-50-52-54-56-58-60-62-64-66-68-70-77(82)87-74-76(75-88-80(79(84)85)86-73-72-81(3,4)5)89-78(83)71-69-67-65-63-61-59-57-55-53-51-49-47-45-42-35-33-31-29-27-25-23-21-19-17-15-13-11-9-7-2/h9,11,15,17-18,20-21,23-24,26-27,29,33,35,76,80H,6-8,10,12-14,16,19,22,25,28,30-32,34,36-75H2,1-5H3/p+1/b11-9-,17-15-,20-18-,23-21-,26-24-,29-27-,35-33-. The normalized spacial score (nSPS) is 13.1. The highest BCUT2D eigenvalue weighted by Gasteiger charge is 2.25. The van der Waals surface area contributed by atoms with Gasteiger partial charge in [0, 0.05) is 12.8 Å². The van der Waals surface area contributed by atoms with Gasteiger partial charge in [-0.2, -0.15) is 0 Å². The molecule has 0 aromatic carbocycles. The van der Waals surface area contributed by atoms with Crippen molar-refractivity contribution in [2.45, 2.75) is 360 Å². The average molecular weight is 1250 g/mol. The van der Waals surface area contributed by atoms with Crippen LogP contribution in [0.25, 0.3) is 0 Å². The summed E-state index contributed by atoms with van der Waals surface area (Å²) in [5, 5.41) is 9.76. The molecule has 1 N–H and O–H groups in total. The second-order valence-corrected chi connectivity index (χ2v) is 26.6. The van der Waals surface area contributed by atoms with Crippen LogP contribution in [0.3, 0.4) is 0 Å². The first-order valence-corrected chi connectivity index (χ1v) is 37.8. The molecule has 0 aliphatic carbocycles. The third-order valence-corrected chi connectivity index (χ3v) is 16.6. The molecule has 2 atom stereocenters. The molecule has 516 valence electrons. The Hall–Kier alpha value is -3.53. The van der Waals surface area contributed by atoms with E-state index in [0.717, 1.165) is 77.0 Å². The number of rotatable bonds is 70.